The Labute approximate surface area is 115 Å². The van der Waals surface area contributed by atoms with E-state index in [1.807, 2.05) is 16.9 Å². The minimum Gasteiger partial charge on any atom is -0.323 e. The Kier molecular flexibility index (Phi) is 4.74. The van der Waals surface area contributed by atoms with E-state index in [4.69, 9.17) is 5.73 Å². The number of aryl methyl sites for hydroxylation is 3. The maximum atomic E-state index is 6.31. The Hall–Kier alpha value is -1.61. The van der Waals surface area contributed by atoms with Gasteiger partial charge in [-0.1, -0.05) is 31.2 Å². The van der Waals surface area contributed by atoms with Gasteiger partial charge in [0.15, 0.2) is 0 Å². The average Bonchev–Trinajstić information content (AvgIpc) is 2.86. The molecular weight excluding hydrogens is 234 g/mol. The van der Waals surface area contributed by atoms with Gasteiger partial charge in [-0.05, 0) is 43.4 Å². The molecule has 0 radical (unpaired) electrons. The van der Waals surface area contributed by atoms with Gasteiger partial charge in [0.05, 0.1) is 5.69 Å². The molecule has 3 nitrogen and oxygen atoms in total. The van der Waals surface area contributed by atoms with E-state index in [0.29, 0.717) is 0 Å². The van der Waals surface area contributed by atoms with Crippen LogP contribution in [0.25, 0.3) is 0 Å². The van der Waals surface area contributed by atoms with E-state index >= 15 is 0 Å². The Morgan fingerprint density at radius 3 is 2.79 bits per heavy atom. The summed E-state index contributed by atoms with van der Waals surface area (Å²) in [6.07, 6.45) is 4.91. The first-order chi connectivity index (χ1) is 9.22. The molecule has 0 bridgehead atoms. The van der Waals surface area contributed by atoms with Crippen molar-refractivity contribution in [2.75, 3.05) is 0 Å². The van der Waals surface area contributed by atoms with Gasteiger partial charge in [-0.3, -0.25) is 4.68 Å². The van der Waals surface area contributed by atoms with E-state index in [1.54, 1.807) is 0 Å². The highest BCUT2D eigenvalue weighted by molar-refractivity contribution is 5.25. The van der Waals surface area contributed by atoms with E-state index in [1.165, 1.54) is 11.1 Å². The summed E-state index contributed by atoms with van der Waals surface area (Å²) in [4.78, 5) is 0. The van der Waals surface area contributed by atoms with Gasteiger partial charge in [0, 0.05) is 18.8 Å². The second kappa shape index (κ2) is 6.53. The third-order valence-electron chi connectivity index (χ3n) is 3.55. The summed E-state index contributed by atoms with van der Waals surface area (Å²) in [5, 5.41) is 4.34. The van der Waals surface area contributed by atoms with E-state index in [2.05, 4.69) is 43.2 Å². The molecule has 19 heavy (non-hydrogen) atoms. The van der Waals surface area contributed by atoms with Crippen molar-refractivity contribution >= 4 is 0 Å². The highest BCUT2D eigenvalue weighted by Gasteiger charge is 2.11. The number of hydrogen-bond donors (Lipinski definition) is 1. The molecule has 0 amide bonds. The first kappa shape index (κ1) is 13.8. The molecule has 1 aromatic heterocycles. The van der Waals surface area contributed by atoms with Gasteiger partial charge in [0.25, 0.3) is 0 Å². The van der Waals surface area contributed by atoms with Gasteiger partial charge >= 0.3 is 0 Å². The molecule has 0 aliphatic rings. The van der Waals surface area contributed by atoms with Crippen LogP contribution in [0.3, 0.4) is 0 Å². The zero-order chi connectivity index (χ0) is 13.7. The molecule has 2 rings (SSSR count). The standard InChI is InChI=1S/C16H23N3/c1-3-12-19-16(10-11-18-19)15(17)9-8-14-7-5-4-6-13(14)2/h4-7,10-11,15H,3,8-9,12,17H2,1-2H3. The van der Waals surface area contributed by atoms with Crippen LogP contribution in [-0.4, -0.2) is 9.78 Å². The summed E-state index contributed by atoms with van der Waals surface area (Å²) >= 11 is 0. The third kappa shape index (κ3) is 3.44. The minimum absolute atomic E-state index is 0.0636. The zero-order valence-corrected chi connectivity index (χ0v) is 11.8. The fraction of sp³-hybridized carbons (Fsp3) is 0.438. The molecule has 0 fully saturated rings. The van der Waals surface area contributed by atoms with Crippen LogP contribution in [-0.2, 0) is 13.0 Å². The van der Waals surface area contributed by atoms with Crippen molar-refractivity contribution in [1.82, 2.24) is 9.78 Å². The fourth-order valence-corrected chi connectivity index (χ4v) is 2.41. The molecule has 3 heteroatoms. The van der Waals surface area contributed by atoms with Crippen molar-refractivity contribution in [1.29, 1.82) is 0 Å². The monoisotopic (exact) mass is 257 g/mol. The van der Waals surface area contributed by atoms with E-state index in [9.17, 15) is 0 Å². The summed E-state index contributed by atoms with van der Waals surface area (Å²) < 4.78 is 2.03. The number of rotatable bonds is 6. The molecule has 0 spiro atoms. The van der Waals surface area contributed by atoms with E-state index < -0.39 is 0 Å². The number of benzene rings is 1. The van der Waals surface area contributed by atoms with Crippen molar-refractivity contribution in [2.24, 2.45) is 5.73 Å². The summed E-state index contributed by atoms with van der Waals surface area (Å²) in [5.74, 6) is 0. The summed E-state index contributed by atoms with van der Waals surface area (Å²) in [6.45, 7) is 5.26. The van der Waals surface area contributed by atoms with Crippen LogP contribution in [0.1, 0.15) is 42.6 Å². The highest BCUT2D eigenvalue weighted by atomic mass is 15.3. The number of nitrogens with two attached hydrogens (primary N) is 1. The van der Waals surface area contributed by atoms with Crippen molar-refractivity contribution in [3.63, 3.8) is 0 Å². The summed E-state index contributed by atoms with van der Waals surface area (Å²) in [7, 11) is 0. The predicted octanol–water partition coefficient (Wildman–Crippen LogP) is 3.23. The lowest BCUT2D eigenvalue weighted by atomic mass is 10.00. The van der Waals surface area contributed by atoms with Crippen LogP contribution < -0.4 is 5.73 Å². The Balaban J connectivity index is 1.99. The van der Waals surface area contributed by atoms with Crippen molar-refractivity contribution in [3.05, 3.63) is 53.3 Å². The van der Waals surface area contributed by atoms with Crippen LogP contribution in [0.2, 0.25) is 0 Å². The molecular formula is C16H23N3. The van der Waals surface area contributed by atoms with Crippen LogP contribution in [0.5, 0.6) is 0 Å². The van der Waals surface area contributed by atoms with Gasteiger partial charge in [-0.25, -0.2) is 0 Å². The number of nitrogens with zero attached hydrogens (tertiary/aromatic N) is 2. The lowest BCUT2D eigenvalue weighted by Gasteiger charge is -2.14. The Morgan fingerprint density at radius 1 is 1.26 bits per heavy atom. The van der Waals surface area contributed by atoms with Gasteiger partial charge in [0.2, 0.25) is 0 Å². The van der Waals surface area contributed by atoms with Crippen molar-refractivity contribution < 1.29 is 0 Å². The molecule has 1 atom stereocenters. The predicted molar refractivity (Wildman–Crippen MR) is 78.9 cm³/mol. The molecule has 0 saturated heterocycles. The molecule has 0 aliphatic heterocycles. The first-order valence-electron chi connectivity index (χ1n) is 7.04. The second-order valence-electron chi connectivity index (χ2n) is 5.05. The smallest absolute Gasteiger partial charge is 0.0551 e. The number of hydrogen-bond acceptors (Lipinski definition) is 2. The molecule has 1 heterocycles. The molecule has 2 aromatic rings. The van der Waals surface area contributed by atoms with Crippen LogP contribution >= 0.6 is 0 Å². The largest absolute Gasteiger partial charge is 0.323 e. The average molecular weight is 257 g/mol. The fourth-order valence-electron chi connectivity index (χ4n) is 2.41. The quantitative estimate of drug-likeness (QED) is 0.863. The molecule has 1 aromatic carbocycles. The molecule has 0 saturated carbocycles. The van der Waals surface area contributed by atoms with Crippen LogP contribution in [0.4, 0.5) is 0 Å². The zero-order valence-electron chi connectivity index (χ0n) is 11.8. The minimum atomic E-state index is 0.0636. The van der Waals surface area contributed by atoms with Gasteiger partial charge in [-0.15, -0.1) is 0 Å². The molecule has 1 unspecified atom stereocenters. The second-order valence-corrected chi connectivity index (χ2v) is 5.05. The van der Waals surface area contributed by atoms with Crippen molar-refractivity contribution in [3.8, 4) is 0 Å². The Morgan fingerprint density at radius 2 is 2.05 bits per heavy atom. The third-order valence-corrected chi connectivity index (χ3v) is 3.55. The Bertz CT molecular complexity index is 516. The van der Waals surface area contributed by atoms with Gasteiger partial charge in [-0.2, -0.15) is 5.10 Å². The lowest BCUT2D eigenvalue weighted by molar-refractivity contribution is 0.523. The van der Waals surface area contributed by atoms with Crippen LogP contribution in [0.15, 0.2) is 36.5 Å². The molecule has 0 aliphatic carbocycles. The SMILES string of the molecule is CCCn1nccc1C(N)CCc1ccccc1C. The van der Waals surface area contributed by atoms with E-state index in [0.717, 1.165) is 31.5 Å². The molecule has 2 N–H and O–H groups in total. The summed E-state index contributed by atoms with van der Waals surface area (Å²) in [6, 6.07) is 10.6. The van der Waals surface area contributed by atoms with Crippen molar-refractivity contribution in [2.45, 2.75) is 45.7 Å². The highest BCUT2D eigenvalue weighted by Crippen LogP contribution is 2.18. The van der Waals surface area contributed by atoms with Crippen LogP contribution in [0, 0.1) is 6.92 Å². The molecule has 102 valence electrons. The first-order valence-corrected chi connectivity index (χ1v) is 7.04. The maximum absolute atomic E-state index is 6.31. The number of aromatic nitrogens is 2. The summed E-state index contributed by atoms with van der Waals surface area (Å²) in [5.41, 5.74) is 10.2. The normalized spacial score (nSPS) is 12.6. The topological polar surface area (TPSA) is 43.8 Å². The van der Waals surface area contributed by atoms with Gasteiger partial charge < -0.3 is 5.73 Å². The lowest BCUT2D eigenvalue weighted by Crippen LogP contribution is -2.17. The van der Waals surface area contributed by atoms with Gasteiger partial charge in [0.1, 0.15) is 0 Å². The maximum Gasteiger partial charge on any atom is 0.0551 e. The van der Waals surface area contributed by atoms with E-state index in [-0.39, 0.29) is 6.04 Å².